The summed E-state index contributed by atoms with van der Waals surface area (Å²) in [6.45, 7) is 0.224. The number of thioether (sulfide) groups is 1. The first kappa shape index (κ1) is 25.3. The van der Waals surface area contributed by atoms with Gasteiger partial charge in [0.25, 0.3) is 11.1 Å². The zero-order valence-corrected chi connectivity index (χ0v) is 22.0. The summed E-state index contributed by atoms with van der Waals surface area (Å²) >= 11 is 2.97. The van der Waals surface area contributed by atoms with Crippen LogP contribution < -0.4 is 9.47 Å². The lowest BCUT2D eigenvalue weighted by Gasteiger charge is -2.14. The van der Waals surface area contributed by atoms with E-state index in [2.05, 4.69) is 34.7 Å². The molecule has 0 atom stereocenters. The number of carbonyl (C=O) groups excluding carboxylic acids is 2. The molecule has 7 nitrogen and oxygen atoms in total. The second-order valence-electron chi connectivity index (χ2n) is 7.63. The number of imide groups is 1. The first-order valence-corrected chi connectivity index (χ1v) is 12.6. The molecule has 3 aromatic carbocycles. The van der Waals surface area contributed by atoms with Gasteiger partial charge in [0.05, 0.1) is 45.4 Å². The van der Waals surface area contributed by atoms with E-state index in [1.54, 1.807) is 48.5 Å². The van der Waals surface area contributed by atoms with Crippen LogP contribution in [0.1, 0.15) is 27.8 Å². The van der Waals surface area contributed by atoms with Gasteiger partial charge < -0.3 is 9.47 Å². The molecular weight excluding hydrogens is 589 g/mol. The Kier molecular flexibility index (Phi) is 7.93. The normalized spacial score (nSPS) is 14.0. The molecule has 0 saturated carbocycles. The van der Waals surface area contributed by atoms with Gasteiger partial charge in [0.1, 0.15) is 6.61 Å². The summed E-state index contributed by atoms with van der Waals surface area (Å²) in [6, 6.07) is 21.9. The average molecular weight is 607 g/mol. The summed E-state index contributed by atoms with van der Waals surface area (Å²) in [5.74, 6) is 0.564. The smallest absolute Gasteiger partial charge is 0.293 e. The molecular formula is C27H18IN3O4S. The lowest BCUT2D eigenvalue weighted by molar-refractivity contribution is -0.123. The van der Waals surface area contributed by atoms with Gasteiger partial charge in [-0.3, -0.25) is 14.5 Å². The van der Waals surface area contributed by atoms with Crippen LogP contribution in [0.4, 0.5) is 4.79 Å². The minimum Gasteiger partial charge on any atom is -0.493 e. The number of ether oxygens (including phenoxy) is 2. The molecule has 1 aliphatic heterocycles. The van der Waals surface area contributed by atoms with E-state index in [1.165, 1.54) is 7.11 Å². The van der Waals surface area contributed by atoms with Gasteiger partial charge in [0.2, 0.25) is 0 Å². The zero-order valence-electron chi connectivity index (χ0n) is 19.0. The number of benzene rings is 3. The number of hydrogen-bond acceptors (Lipinski definition) is 7. The van der Waals surface area contributed by atoms with Gasteiger partial charge >= 0.3 is 0 Å². The Morgan fingerprint density at radius 1 is 1.00 bits per heavy atom. The number of nitriles is 2. The Balaban J connectivity index is 1.56. The van der Waals surface area contributed by atoms with E-state index in [9.17, 15) is 20.1 Å². The second kappa shape index (κ2) is 11.3. The van der Waals surface area contributed by atoms with Crippen LogP contribution in [-0.2, 0) is 17.9 Å². The molecule has 0 bridgehead atoms. The van der Waals surface area contributed by atoms with Crippen LogP contribution in [0.25, 0.3) is 6.08 Å². The minimum absolute atomic E-state index is 0.0313. The van der Waals surface area contributed by atoms with Crippen molar-refractivity contribution in [3.63, 3.8) is 0 Å². The van der Waals surface area contributed by atoms with Crippen molar-refractivity contribution in [2.75, 3.05) is 7.11 Å². The van der Waals surface area contributed by atoms with Crippen LogP contribution in [0.5, 0.6) is 11.5 Å². The first-order valence-electron chi connectivity index (χ1n) is 10.7. The highest BCUT2D eigenvalue weighted by Gasteiger charge is 2.35. The number of rotatable bonds is 7. The molecule has 1 heterocycles. The summed E-state index contributed by atoms with van der Waals surface area (Å²) in [5, 5.41) is 18.2. The zero-order chi connectivity index (χ0) is 25.7. The number of amides is 2. The van der Waals surface area contributed by atoms with Gasteiger partial charge in [0.15, 0.2) is 11.5 Å². The standard InChI is InChI=1S/C27H18IN3O4S/c1-34-23-11-17(10-22(28)25(23)35-16-21-9-5-3-7-19(21)14-30)12-24-26(32)31(27(33)36-24)15-20-8-4-2-6-18(20)13-29/h2-12H,15-16H2,1H3/b24-12+. The number of methoxy groups -OCH3 is 1. The fourth-order valence-corrected chi connectivity index (χ4v) is 5.21. The van der Waals surface area contributed by atoms with Crippen LogP contribution >= 0.6 is 34.4 Å². The van der Waals surface area contributed by atoms with Crippen molar-refractivity contribution >= 4 is 51.6 Å². The van der Waals surface area contributed by atoms with Crippen molar-refractivity contribution < 1.29 is 19.1 Å². The average Bonchev–Trinajstić information content (AvgIpc) is 3.15. The first-order chi connectivity index (χ1) is 17.4. The maximum atomic E-state index is 13.0. The van der Waals surface area contributed by atoms with Crippen molar-refractivity contribution in [1.82, 2.24) is 4.90 Å². The molecule has 0 spiro atoms. The summed E-state index contributed by atoms with van der Waals surface area (Å²) in [5.41, 5.74) is 3.00. The van der Waals surface area contributed by atoms with Gasteiger partial charge in [0, 0.05) is 5.56 Å². The molecule has 2 amide bonds. The third kappa shape index (κ3) is 5.38. The van der Waals surface area contributed by atoms with Crippen molar-refractivity contribution in [1.29, 1.82) is 10.5 Å². The largest absolute Gasteiger partial charge is 0.493 e. The van der Waals surface area contributed by atoms with E-state index in [0.717, 1.165) is 25.8 Å². The molecule has 1 aliphatic rings. The summed E-state index contributed by atoms with van der Waals surface area (Å²) in [4.78, 5) is 27.0. The molecule has 4 rings (SSSR count). The van der Waals surface area contributed by atoms with E-state index in [4.69, 9.17) is 9.47 Å². The topological polar surface area (TPSA) is 103 Å². The molecule has 36 heavy (non-hydrogen) atoms. The highest BCUT2D eigenvalue weighted by molar-refractivity contribution is 14.1. The highest BCUT2D eigenvalue weighted by Crippen LogP contribution is 2.38. The Bertz CT molecular complexity index is 1470. The third-order valence-corrected chi connectivity index (χ3v) is 7.11. The van der Waals surface area contributed by atoms with Crippen molar-refractivity contribution in [2.24, 2.45) is 0 Å². The lowest BCUT2D eigenvalue weighted by Crippen LogP contribution is -2.27. The van der Waals surface area contributed by atoms with E-state index >= 15 is 0 Å². The molecule has 0 aliphatic carbocycles. The second-order valence-corrected chi connectivity index (χ2v) is 9.78. The van der Waals surface area contributed by atoms with Gasteiger partial charge in [-0.2, -0.15) is 10.5 Å². The molecule has 1 fully saturated rings. The quantitative estimate of drug-likeness (QED) is 0.245. The van der Waals surface area contributed by atoms with E-state index < -0.39 is 11.1 Å². The summed E-state index contributed by atoms with van der Waals surface area (Å²) < 4.78 is 12.3. The summed E-state index contributed by atoms with van der Waals surface area (Å²) in [6.07, 6.45) is 1.64. The Hall–Kier alpha value is -3.80. The minimum atomic E-state index is -0.417. The van der Waals surface area contributed by atoms with Gasteiger partial charge in [-0.1, -0.05) is 36.4 Å². The van der Waals surface area contributed by atoms with Crippen LogP contribution in [-0.4, -0.2) is 23.2 Å². The monoisotopic (exact) mass is 607 g/mol. The Morgan fingerprint density at radius 2 is 1.64 bits per heavy atom. The van der Waals surface area contributed by atoms with Crippen LogP contribution in [0.15, 0.2) is 65.6 Å². The Labute approximate surface area is 226 Å². The molecule has 9 heteroatoms. The van der Waals surface area contributed by atoms with E-state index in [1.807, 2.05) is 18.2 Å². The SMILES string of the molecule is COc1cc(/C=C2/SC(=O)N(Cc3ccccc3C#N)C2=O)cc(I)c1OCc1ccccc1C#N. The highest BCUT2D eigenvalue weighted by atomic mass is 127. The van der Waals surface area contributed by atoms with Crippen molar-refractivity contribution in [3.8, 4) is 23.6 Å². The van der Waals surface area contributed by atoms with Gasteiger partial charge in [-0.25, -0.2) is 0 Å². The molecule has 178 valence electrons. The molecule has 0 unspecified atom stereocenters. The van der Waals surface area contributed by atoms with Crippen LogP contribution in [0.2, 0.25) is 0 Å². The van der Waals surface area contributed by atoms with Gasteiger partial charge in [-0.15, -0.1) is 0 Å². The third-order valence-electron chi connectivity index (χ3n) is 5.40. The van der Waals surface area contributed by atoms with E-state index in [0.29, 0.717) is 33.8 Å². The predicted octanol–water partition coefficient (Wildman–Crippen LogP) is 5.86. The fraction of sp³-hybridized carbons (Fsp3) is 0.111. The molecule has 0 radical (unpaired) electrons. The van der Waals surface area contributed by atoms with Crippen molar-refractivity contribution in [2.45, 2.75) is 13.2 Å². The maximum Gasteiger partial charge on any atom is 0.293 e. The molecule has 1 saturated heterocycles. The van der Waals surface area contributed by atoms with Crippen LogP contribution in [0.3, 0.4) is 0 Å². The number of carbonyl (C=O) groups is 2. The number of halogens is 1. The lowest BCUT2D eigenvalue weighted by atomic mass is 10.1. The summed E-state index contributed by atoms with van der Waals surface area (Å²) in [7, 11) is 1.52. The number of nitrogens with zero attached hydrogens (tertiary/aromatic N) is 3. The number of hydrogen-bond donors (Lipinski definition) is 0. The Morgan fingerprint density at radius 3 is 2.31 bits per heavy atom. The van der Waals surface area contributed by atoms with E-state index in [-0.39, 0.29) is 18.1 Å². The van der Waals surface area contributed by atoms with Gasteiger partial charge in [-0.05, 0) is 75.8 Å². The molecule has 0 aromatic heterocycles. The molecule has 0 N–H and O–H groups in total. The predicted molar refractivity (Wildman–Crippen MR) is 144 cm³/mol. The van der Waals surface area contributed by atoms with Crippen LogP contribution in [0, 0.1) is 26.2 Å². The molecule has 3 aromatic rings. The maximum absolute atomic E-state index is 13.0. The van der Waals surface area contributed by atoms with Crippen molar-refractivity contribution in [3.05, 3.63) is 97.0 Å². The fourth-order valence-electron chi connectivity index (χ4n) is 3.59.